The highest BCUT2D eigenvalue weighted by molar-refractivity contribution is 6.34. The molecule has 1 aliphatic heterocycles. The zero-order chi connectivity index (χ0) is 20.8. The van der Waals surface area contributed by atoms with Crippen molar-refractivity contribution in [2.45, 2.75) is 13.8 Å². The van der Waals surface area contributed by atoms with Gasteiger partial charge in [0.1, 0.15) is 0 Å². The highest BCUT2D eigenvalue weighted by atomic mass is 35.5. The molecule has 2 aromatic rings. The molecular formula is C20H24ClN5O3. The van der Waals surface area contributed by atoms with Crippen molar-refractivity contribution in [1.82, 2.24) is 14.9 Å². The Hall–Kier alpha value is -2.71. The third-order valence-corrected chi connectivity index (χ3v) is 4.94. The minimum absolute atomic E-state index is 0.0895. The van der Waals surface area contributed by atoms with Crippen molar-refractivity contribution in [3.05, 3.63) is 46.7 Å². The number of benzene rings is 1. The largest absolute Gasteiger partial charge is 0.378 e. The summed E-state index contributed by atoms with van der Waals surface area (Å²) in [5, 5.41) is 2.94. The zero-order valence-electron chi connectivity index (χ0n) is 16.5. The van der Waals surface area contributed by atoms with E-state index in [-0.39, 0.29) is 16.6 Å². The predicted molar refractivity (Wildman–Crippen MR) is 112 cm³/mol. The summed E-state index contributed by atoms with van der Waals surface area (Å²) in [4.78, 5) is 37.6. The summed E-state index contributed by atoms with van der Waals surface area (Å²) in [6.45, 7) is 7.57. The van der Waals surface area contributed by atoms with Gasteiger partial charge in [0.2, 0.25) is 5.95 Å². The Morgan fingerprint density at radius 2 is 1.97 bits per heavy atom. The van der Waals surface area contributed by atoms with E-state index in [4.69, 9.17) is 16.3 Å². The minimum atomic E-state index is -0.457. The van der Waals surface area contributed by atoms with E-state index in [1.807, 2.05) is 18.7 Å². The number of rotatable bonds is 6. The van der Waals surface area contributed by atoms with Gasteiger partial charge in [-0.2, -0.15) is 0 Å². The van der Waals surface area contributed by atoms with Gasteiger partial charge in [-0.25, -0.2) is 9.97 Å². The van der Waals surface area contributed by atoms with E-state index in [9.17, 15) is 9.59 Å². The lowest BCUT2D eigenvalue weighted by Gasteiger charge is -2.27. The van der Waals surface area contributed by atoms with Gasteiger partial charge in [0.05, 0.1) is 24.4 Å². The molecule has 2 amide bonds. The van der Waals surface area contributed by atoms with Crippen LogP contribution in [0.4, 0.5) is 11.6 Å². The van der Waals surface area contributed by atoms with Crippen molar-refractivity contribution in [3.63, 3.8) is 0 Å². The van der Waals surface area contributed by atoms with Crippen LogP contribution in [0.2, 0.25) is 5.02 Å². The molecule has 0 unspecified atom stereocenters. The fourth-order valence-corrected chi connectivity index (χ4v) is 3.22. The maximum Gasteiger partial charge on any atom is 0.276 e. The van der Waals surface area contributed by atoms with Gasteiger partial charge in [0.15, 0.2) is 5.69 Å². The van der Waals surface area contributed by atoms with Gasteiger partial charge in [0.25, 0.3) is 11.8 Å². The molecule has 9 heteroatoms. The first kappa shape index (κ1) is 21.0. The lowest BCUT2D eigenvalue weighted by Crippen LogP contribution is -2.40. The van der Waals surface area contributed by atoms with Crippen molar-refractivity contribution in [2.75, 3.05) is 49.6 Å². The zero-order valence-corrected chi connectivity index (χ0v) is 17.3. The molecule has 8 nitrogen and oxygen atoms in total. The number of hydrogen-bond donors (Lipinski definition) is 1. The van der Waals surface area contributed by atoms with Gasteiger partial charge in [-0.05, 0) is 32.0 Å². The average molecular weight is 418 g/mol. The Morgan fingerprint density at radius 1 is 1.24 bits per heavy atom. The highest BCUT2D eigenvalue weighted by Gasteiger charge is 2.20. The van der Waals surface area contributed by atoms with Crippen LogP contribution >= 0.6 is 11.6 Å². The number of anilines is 2. The van der Waals surface area contributed by atoms with E-state index in [2.05, 4.69) is 15.3 Å². The summed E-state index contributed by atoms with van der Waals surface area (Å²) in [7, 11) is 0. The van der Waals surface area contributed by atoms with Crippen molar-refractivity contribution >= 4 is 35.1 Å². The second-order valence-electron chi connectivity index (χ2n) is 6.48. The normalized spacial score (nSPS) is 13.8. The molecule has 154 valence electrons. The molecule has 1 aromatic carbocycles. The number of hydrogen-bond acceptors (Lipinski definition) is 6. The number of ether oxygens (including phenoxy) is 1. The SMILES string of the molecule is CCN(CC)c1ncc(Cl)c(C(=O)Nc2cccc(C(=O)N3CCOCC3)c2)n1. The van der Waals surface area contributed by atoms with Crippen molar-refractivity contribution in [2.24, 2.45) is 0 Å². The molecular weight excluding hydrogens is 394 g/mol. The van der Waals surface area contributed by atoms with Crippen LogP contribution in [-0.2, 0) is 4.74 Å². The molecule has 1 aliphatic rings. The number of carbonyl (C=O) groups is 2. The molecule has 0 spiro atoms. The molecule has 0 radical (unpaired) electrons. The van der Waals surface area contributed by atoms with E-state index >= 15 is 0 Å². The Balaban J connectivity index is 1.77. The van der Waals surface area contributed by atoms with Crippen molar-refractivity contribution in [3.8, 4) is 0 Å². The number of carbonyl (C=O) groups excluding carboxylic acids is 2. The highest BCUT2D eigenvalue weighted by Crippen LogP contribution is 2.19. The number of aromatic nitrogens is 2. The Bertz CT molecular complexity index is 882. The predicted octanol–water partition coefficient (Wildman–Crippen LogP) is 2.70. The second-order valence-corrected chi connectivity index (χ2v) is 6.89. The van der Waals surface area contributed by atoms with Gasteiger partial charge >= 0.3 is 0 Å². The fraction of sp³-hybridized carbons (Fsp3) is 0.400. The monoisotopic (exact) mass is 417 g/mol. The molecule has 0 aliphatic carbocycles. The quantitative estimate of drug-likeness (QED) is 0.777. The van der Waals surface area contributed by atoms with Crippen LogP contribution in [0.5, 0.6) is 0 Å². The third kappa shape index (κ3) is 5.02. The lowest BCUT2D eigenvalue weighted by molar-refractivity contribution is 0.0303. The van der Waals surface area contributed by atoms with E-state index in [0.29, 0.717) is 56.6 Å². The van der Waals surface area contributed by atoms with Gasteiger partial charge in [0, 0.05) is 37.4 Å². The van der Waals surface area contributed by atoms with E-state index < -0.39 is 5.91 Å². The summed E-state index contributed by atoms with van der Waals surface area (Å²) < 4.78 is 5.29. The van der Waals surface area contributed by atoms with E-state index in [1.165, 1.54) is 6.20 Å². The van der Waals surface area contributed by atoms with Gasteiger partial charge in [-0.15, -0.1) is 0 Å². The summed E-state index contributed by atoms with van der Waals surface area (Å²) in [6, 6.07) is 6.82. The lowest BCUT2D eigenvalue weighted by atomic mass is 10.1. The van der Waals surface area contributed by atoms with Gasteiger partial charge < -0.3 is 19.9 Å². The van der Waals surface area contributed by atoms with Crippen LogP contribution < -0.4 is 10.2 Å². The molecule has 1 N–H and O–H groups in total. The topological polar surface area (TPSA) is 87.7 Å². The molecule has 1 aromatic heterocycles. The summed E-state index contributed by atoms with van der Waals surface area (Å²) in [5.41, 5.74) is 1.09. The minimum Gasteiger partial charge on any atom is -0.378 e. The first-order valence-corrected chi connectivity index (χ1v) is 9.97. The molecule has 0 saturated carbocycles. The van der Waals surface area contributed by atoms with Crippen LogP contribution in [0, 0.1) is 0 Å². The number of morpholine rings is 1. The third-order valence-electron chi connectivity index (χ3n) is 4.66. The summed E-state index contributed by atoms with van der Waals surface area (Å²) in [5.74, 6) is -0.101. The maximum atomic E-state index is 12.8. The first-order chi connectivity index (χ1) is 14.0. The molecule has 1 fully saturated rings. The number of halogens is 1. The molecule has 1 saturated heterocycles. The van der Waals surface area contributed by atoms with Crippen LogP contribution in [0.25, 0.3) is 0 Å². The van der Waals surface area contributed by atoms with Gasteiger partial charge in [-0.1, -0.05) is 17.7 Å². The number of nitrogens with zero attached hydrogens (tertiary/aromatic N) is 4. The van der Waals surface area contributed by atoms with Crippen molar-refractivity contribution in [1.29, 1.82) is 0 Å². The van der Waals surface area contributed by atoms with Crippen LogP contribution in [0.3, 0.4) is 0 Å². The van der Waals surface area contributed by atoms with Crippen LogP contribution in [0.15, 0.2) is 30.5 Å². The van der Waals surface area contributed by atoms with Gasteiger partial charge in [-0.3, -0.25) is 9.59 Å². The maximum absolute atomic E-state index is 12.8. The first-order valence-electron chi connectivity index (χ1n) is 9.59. The number of amides is 2. The second kappa shape index (κ2) is 9.67. The molecule has 29 heavy (non-hydrogen) atoms. The van der Waals surface area contributed by atoms with Crippen LogP contribution in [-0.4, -0.2) is 66.1 Å². The fourth-order valence-electron chi connectivity index (χ4n) is 3.05. The number of nitrogens with one attached hydrogen (secondary N) is 1. The Labute approximate surface area is 174 Å². The smallest absolute Gasteiger partial charge is 0.276 e. The Kier molecular flexibility index (Phi) is 7.00. The molecule has 3 rings (SSSR count). The van der Waals surface area contributed by atoms with E-state index in [1.54, 1.807) is 29.2 Å². The Morgan fingerprint density at radius 3 is 2.66 bits per heavy atom. The van der Waals surface area contributed by atoms with Crippen LogP contribution in [0.1, 0.15) is 34.7 Å². The molecule has 0 atom stereocenters. The van der Waals surface area contributed by atoms with E-state index in [0.717, 1.165) is 0 Å². The molecule has 2 heterocycles. The standard InChI is InChI=1S/C20H24ClN5O3/c1-3-25(4-2)20-22-13-16(21)17(24-20)18(27)23-15-7-5-6-14(12-15)19(28)26-8-10-29-11-9-26/h5-7,12-13H,3-4,8-11H2,1-2H3,(H,23,27). The van der Waals surface area contributed by atoms with Crippen molar-refractivity contribution < 1.29 is 14.3 Å². The average Bonchev–Trinajstić information content (AvgIpc) is 2.76. The molecule has 0 bridgehead atoms. The summed E-state index contributed by atoms with van der Waals surface area (Å²) in [6.07, 6.45) is 1.43. The summed E-state index contributed by atoms with van der Waals surface area (Å²) >= 11 is 6.15.